The van der Waals surface area contributed by atoms with Crippen molar-refractivity contribution in [2.24, 2.45) is 0 Å². The topological polar surface area (TPSA) is 56.5 Å². The van der Waals surface area contributed by atoms with Crippen LogP contribution < -0.4 is 8.85 Å². The second-order valence-electron chi connectivity index (χ2n) is 12.1. The average Bonchev–Trinajstić information content (AvgIpc) is 3.01. The van der Waals surface area contributed by atoms with Crippen molar-refractivity contribution >= 4 is 39.1 Å². The fraction of sp³-hybridized carbons (Fsp3) is 0.500. The van der Waals surface area contributed by atoms with Gasteiger partial charge in [0.05, 0.1) is 17.8 Å². The van der Waals surface area contributed by atoms with E-state index in [0.717, 1.165) is 28.1 Å². The van der Waals surface area contributed by atoms with E-state index in [1.54, 1.807) is 4.68 Å². The summed E-state index contributed by atoms with van der Waals surface area (Å²) in [4.78, 5) is 0. The summed E-state index contributed by atoms with van der Waals surface area (Å²) in [6.07, 6.45) is 0. The highest BCUT2D eigenvalue weighted by molar-refractivity contribution is 6.75. The minimum Gasteiger partial charge on any atom is -0.543 e. The Bertz CT molecular complexity index is 1190. The Hall–Kier alpha value is -1.81. The molecule has 0 aliphatic heterocycles. The van der Waals surface area contributed by atoms with Gasteiger partial charge in [0, 0.05) is 10.9 Å². The number of halogens is 1. The van der Waals surface area contributed by atoms with Crippen LogP contribution in [-0.4, -0.2) is 31.5 Å². The van der Waals surface area contributed by atoms with E-state index in [1.807, 2.05) is 36.4 Å². The molecule has 0 fully saturated rings. The monoisotopic (exact) mass is 518 g/mol. The molecule has 0 bridgehead atoms. The molecule has 0 saturated heterocycles. The molecule has 0 saturated carbocycles. The Morgan fingerprint density at radius 1 is 0.853 bits per heavy atom. The Morgan fingerprint density at radius 2 is 1.35 bits per heavy atom. The smallest absolute Gasteiger partial charge is 0.250 e. The molecular formula is C26H39ClN2O3Si2. The molecule has 5 nitrogen and oxygen atoms in total. The van der Waals surface area contributed by atoms with E-state index in [2.05, 4.69) is 67.7 Å². The van der Waals surface area contributed by atoms with Gasteiger partial charge in [-0.3, -0.25) is 0 Å². The van der Waals surface area contributed by atoms with Gasteiger partial charge in [-0.05, 0) is 72.7 Å². The van der Waals surface area contributed by atoms with Gasteiger partial charge >= 0.3 is 0 Å². The van der Waals surface area contributed by atoms with Crippen LogP contribution in [0.1, 0.15) is 47.1 Å². The van der Waals surface area contributed by atoms with Gasteiger partial charge in [0.2, 0.25) is 16.6 Å². The maximum atomic E-state index is 10.1. The predicted molar refractivity (Wildman–Crippen MR) is 148 cm³/mol. The van der Waals surface area contributed by atoms with Crippen molar-refractivity contribution in [3.63, 3.8) is 0 Å². The van der Waals surface area contributed by atoms with Crippen LogP contribution in [0.4, 0.5) is 0 Å². The Labute approximate surface area is 211 Å². The lowest BCUT2D eigenvalue weighted by atomic mass is 10.2. The number of fused-ring (bicyclic) bond motifs is 1. The van der Waals surface area contributed by atoms with Crippen LogP contribution in [0.25, 0.3) is 16.6 Å². The SMILES string of the molecule is CC(C)(C)[Si](C)(C)Oc1ccc(-n2nc3ccc(O[Si](C)(C)C(C)(C)C)cc3c2Cl)c(CO)c1. The van der Waals surface area contributed by atoms with E-state index in [4.69, 9.17) is 25.6 Å². The molecule has 0 amide bonds. The first-order valence-corrected chi connectivity index (χ1v) is 18.0. The molecule has 186 valence electrons. The van der Waals surface area contributed by atoms with Crippen molar-refractivity contribution < 1.29 is 14.0 Å². The van der Waals surface area contributed by atoms with Crippen LogP contribution >= 0.6 is 11.6 Å². The van der Waals surface area contributed by atoms with Gasteiger partial charge in [0.1, 0.15) is 16.7 Å². The zero-order chi connectivity index (χ0) is 25.7. The maximum Gasteiger partial charge on any atom is 0.250 e. The molecule has 34 heavy (non-hydrogen) atoms. The summed E-state index contributed by atoms with van der Waals surface area (Å²) in [5.41, 5.74) is 2.22. The molecule has 3 rings (SSSR count). The van der Waals surface area contributed by atoms with Gasteiger partial charge in [0.15, 0.2) is 0 Å². The third-order valence-electron chi connectivity index (χ3n) is 7.39. The largest absolute Gasteiger partial charge is 0.543 e. The molecule has 3 aromatic rings. The highest BCUT2D eigenvalue weighted by Crippen LogP contribution is 2.40. The second kappa shape index (κ2) is 9.01. The molecule has 0 spiro atoms. The van der Waals surface area contributed by atoms with Gasteiger partial charge in [0.25, 0.3) is 0 Å². The number of aliphatic hydroxyl groups excluding tert-OH is 1. The summed E-state index contributed by atoms with van der Waals surface area (Å²) in [6, 6.07) is 11.6. The molecule has 0 atom stereocenters. The number of rotatable bonds is 6. The molecule has 1 aromatic heterocycles. The molecule has 0 aliphatic rings. The Kier molecular flexibility index (Phi) is 7.10. The molecule has 1 heterocycles. The fourth-order valence-electron chi connectivity index (χ4n) is 3.11. The lowest BCUT2D eigenvalue weighted by molar-refractivity contribution is 0.281. The lowest BCUT2D eigenvalue weighted by Crippen LogP contribution is -2.43. The van der Waals surface area contributed by atoms with Crippen molar-refractivity contribution in [2.45, 2.75) is 84.4 Å². The average molecular weight is 519 g/mol. The third kappa shape index (κ3) is 5.22. The Balaban J connectivity index is 2.00. The molecule has 1 N–H and O–H groups in total. The third-order valence-corrected chi connectivity index (χ3v) is 16.5. The van der Waals surface area contributed by atoms with Crippen molar-refractivity contribution in [3.8, 4) is 17.2 Å². The second-order valence-corrected chi connectivity index (χ2v) is 21.9. The van der Waals surface area contributed by atoms with Gasteiger partial charge in [-0.25, -0.2) is 4.68 Å². The van der Waals surface area contributed by atoms with Gasteiger partial charge in [-0.15, -0.1) is 0 Å². The number of aliphatic hydroxyl groups is 1. The summed E-state index contributed by atoms with van der Waals surface area (Å²) in [6.45, 7) is 22.0. The van der Waals surface area contributed by atoms with E-state index >= 15 is 0 Å². The zero-order valence-electron chi connectivity index (χ0n) is 22.2. The summed E-state index contributed by atoms with van der Waals surface area (Å²) >= 11 is 6.81. The standard InChI is InChI=1S/C26H39ClN2O3Si2/c1-25(2,3)33(7,8)31-19-12-14-23(18(15-19)17-30)29-24(27)21-16-20(11-13-22(21)28-29)32-34(9,10)26(4,5)6/h11-16,30H,17H2,1-10H3. The first-order chi connectivity index (χ1) is 15.5. The van der Waals surface area contributed by atoms with Gasteiger partial charge in [-0.1, -0.05) is 53.1 Å². The van der Waals surface area contributed by atoms with E-state index in [0.29, 0.717) is 10.7 Å². The molecule has 0 radical (unpaired) electrons. The maximum absolute atomic E-state index is 10.1. The fourth-order valence-corrected chi connectivity index (χ4v) is 5.44. The van der Waals surface area contributed by atoms with Crippen molar-refractivity contribution in [2.75, 3.05) is 0 Å². The lowest BCUT2D eigenvalue weighted by Gasteiger charge is -2.36. The number of nitrogens with zero attached hydrogens (tertiary/aromatic N) is 2. The van der Waals surface area contributed by atoms with E-state index in [-0.39, 0.29) is 16.7 Å². The van der Waals surface area contributed by atoms with Crippen molar-refractivity contribution in [1.82, 2.24) is 9.78 Å². The van der Waals surface area contributed by atoms with E-state index < -0.39 is 16.6 Å². The summed E-state index contributed by atoms with van der Waals surface area (Å²) in [5.74, 6) is 1.57. The van der Waals surface area contributed by atoms with E-state index in [1.165, 1.54) is 0 Å². The normalized spacial score (nSPS) is 13.4. The molecule has 8 heteroatoms. The van der Waals surface area contributed by atoms with Crippen LogP contribution in [0.15, 0.2) is 36.4 Å². The predicted octanol–water partition coefficient (Wildman–Crippen LogP) is 7.94. The van der Waals surface area contributed by atoms with Gasteiger partial charge < -0.3 is 14.0 Å². The first-order valence-electron chi connectivity index (χ1n) is 11.8. The van der Waals surface area contributed by atoms with Crippen molar-refractivity contribution in [3.05, 3.63) is 47.1 Å². The number of aromatic nitrogens is 2. The van der Waals surface area contributed by atoms with Crippen LogP contribution in [0.2, 0.25) is 41.4 Å². The summed E-state index contributed by atoms with van der Waals surface area (Å²) in [7, 11) is -3.97. The minimum atomic E-state index is -2.00. The number of hydrogen-bond donors (Lipinski definition) is 1. The Morgan fingerprint density at radius 3 is 1.85 bits per heavy atom. The molecule has 0 aliphatic carbocycles. The van der Waals surface area contributed by atoms with Crippen LogP contribution in [-0.2, 0) is 6.61 Å². The number of benzene rings is 2. The summed E-state index contributed by atoms with van der Waals surface area (Å²) < 4.78 is 14.6. The molecule has 0 unspecified atom stereocenters. The number of hydrogen-bond acceptors (Lipinski definition) is 4. The highest BCUT2D eigenvalue weighted by Gasteiger charge is 2.40. The van der Waals surface area contributed by atoms with Gasteiger partial charge in [-0.2, -0.15) is 5.10 Å². The van der Waals surface area contributed by atoms with Crippen LogP contribution in [0, 0.1) is 0 Å². The molecule has 2 aromatic carbocycles. The first kappa shape index (κ1) is 26.8. The highest BCUT2D eigenvalue weighted by atomic mass is 35.5. The summed E-state index contributed by atoms with van der Waals surface area (Å²) in [5, 5.41) is 16.3. The quantitative estimate of drug-likeness (QED) is 0.336. The van der Waals surface area contributed by atoms with Crippen LogP contribution in [0.3, 0.4) is 0 Å². The zero-order valence-corrected chi connectivity index (χ0v) is 25.0. The molecular weight excluding hydrogens is 480 g/mol. The minimum absolute atomic E-state index is 0.0816. The van der Waals surface area contributed by atoms with E-state index in [9.17, 15) is 5.11 Å². The van der Waals surface area contributed by atoms with Crippen LogP contribution in [0.5, 0.6) is 11.5 Å². The van der Waals surface area contributed by atoms with Crippen molar-refractivity contribution in [1.29, 1.82) is 0 Å².